The van der Waals surface area contributed by atoms with E-state index in [2.05, 4.69) is 22.0 Å². The van der Waals surface area contributed by atoms with Crippen LogP contribution < -0.4 is 9.47 Å². The quantitative estimate of drug-likeness (QED) is 0.783. The molecule has 0 unspecified atom stereocenters. The molecule has 1 fully saturated rings. The summed E-state index contributed by atoms with van der Waals surface area (Å²) >= 11 is 3.58. The molecule has 1 aromatic carbocycles. The lowest BCUT2D eigenvalue weighted by molar-refractivity contribution is 0.388. The second-order valence-electron chi connectivity index (χ2n) is 3.98. The molecule has 2 rings (SSSR count). The Morgan fingerprint density at radius 2 is 2.00 bits per heavy atom. The van der Waals surface area contributed by atoms with Gasteiger partial charge in [0.05, 0.1) is 14.2 Å². The average Bonchev–Trinajstić information content (AvgIpc) is 3.09. The van der Waals surface area contributed by atoms with Gasteiger partial charge in [-0.2, -0.15) is 0 Å². The minimum Gasteiger partial charge on any atom is -0.497 e. The first-order valence-corrected chi connectivity index (χ1v) is 6.16. The largest absolute Gasteiger partial charge is 0.497 e. The lowest BCUT2D eigenvalue weighted by Crippen LogP contribution is -2.09. The molecule has 1 aliphatic carbocycles. The predicted molar refractivity (Wildman–Crippen MR) is 64.3 cm³/mol. The number of ether oxygens (including phenoxy) is 2. The molecule has 0 amide bonds. The fourth-order valence-electron chi connectivity index (χ4n) is 1.86. The monoisotopic (exact) mass is 270 g/mol. The van der Waals surface area contributed by atoms with Crippen LogP contribution in [0.2, 0.25) is 0 Å². The highest BCUT2D eigenvalue weighted by Crippen LogP contribution is 2.52. The molecule has 15 heavy (non-hydrogen) atoms. The van der Waals surface area contributed by atoms with E-state index in [1.54, 1.807) is 14.2 Å². The zero-order valence-corrected chi connectivity index (χ0v) is 10.6. The van der Waals surface area contributed by atoms with E-state index in [1.807, 2.05) is 12.1 Å². The summed E-state index contributed by atoms with van der Waals surface area (Å²) in [5.41, 5.74) is 1.60. The minimum atomic E-state index is 0.303. The van der Waals surface area contributed by atoms with Crippen LogP contribution in [-0.2, 0) is 5.41 Å². The van der Waals surface area contributed by atoms with Gasteiger partial charge in [0, 0.05) is 22.4 Å². The van der Waals surface area contributed by atoms with Crippen LogP contribution in [0.5, 0.6) is 11.5 Å². The third-order valence-electron chi connectivity index (χ3n) is 3.09. The lowest BCUT2D eigenvalue weighted by atomic mass is 9.97. The Kier molecular flexibility index (Phi) is 2.91. The van der Waals surface area contributed by atoms with Crippen molar-refractivity contribution in [3.63, 3.8) is 0 Å². The molecule has 1 saturated carbocycles. The third-order valence-corrected chi connectivity index (χ3v) is 4.16. The highest BCUT2D eigenvalue weighted by atomic mass is 79.9. The molecule has 0 aromatic heterocycles. The van der Waals surface area contributed by atoms with E-state index in [-0.39, 0.29) is 0 Å². The topological polar surface area (TPSA) is 18.5 Å². The molecule has 2 nitrogen and oxygen atoms in total. The Hall–Kier alpha value is -0.700. The summed E-state index contributed by atoms with van der Waals surface area (Å²) < 4.78 is 10.6. The predicted octanol–water partition coefficient (Wildman–Crippen LogP) is 3.13. The lowest BCUT2D eigenvalue weighted by Gasteiger charge is -2.17. The van der Waals surface area contributed by atoms with Crippen molar-refractivity contribution >= 4 is 15.9 Å². The highest BCUT2D eigenvalue weighted by molar-refractivity contribution is 9.09. The summed E-state index contributed by atoms with van der Waals surface area (Å²) in [6.45, 7) is 0. The van der Waals surface area contributed by atoms with E-state index >= 15 is 0 Å². The molecule has 0 bridgehead atoms. The van der Waals surface area contributed by atoms with Gasteiger partial charge in [-0.15, -0.1) is 0 Å². The molecule has 0 N–H and O–H groups in total. The summed E-state index contributed by atoms with van der Waals surface area (Å²) in [4.78, 5) is 0. The van der Waals surface area contributed by atoms with E-state index in [1.165, 1.54) is 18.4 Å². The third kappa shape index (κ3) is 1.85. The van der Waals surface area contributed by atoms with Gasteiger partial charge in [-0.3, -0.25) is 0 Å². The van der Waals surface area contributed by atoms with Crippen molar-refractivity contribution in [2.45, 2.75) is 18.3 Å². The van der Waals surface area contributed by atoms with Crippen LogP contribution in [0, 0.1) is 0 Å². The van der Waals surface area contributed by atoms with Gasteiger partial charge in [0.25, 0.3) is 0 Å². The van der Waals surface area contributed by atoms with E-state index in [4.69, 9.17) is 9.47 Å². The SMILES string of the molecule is COc1ccc(C2(CBr)CC2)c(OC)c1. The van der Waals surface area contributed by atoms with Crippen molar-refractivity contribution in [1.82, 2.24) is 0 Å². The number of halogens is 1. The van der Waals surface area contributed by atoms with Crippen molar-refractivity contribution in [3.05, 3.63) is 23.8 Å². The van der Waals surface area contributed by atoms with Gasteiger partial charge < -0.3 is 9.47 Å². The molecule has 0 atom stereocenters. The van der Waals surface area contributed by atoms with Gasteiger partial charge in [0.1, 0.15) is 11.5 Å². The Morgan fingerprint density at radius 3 is 2.47 bits per heavy atom. The van der Waals surface area contributed by atoms with E-state index < -0.39 is 0 Å². The van der Waals surface area contributed by atoms with Crippen molar-refractivity contribution in [2.75, 3.05) is 19.5 Å². The second kappa shape index (κ2) is 4.05. The highest BCUT2D eigenvalue weighted by Gasteiger charge is 2.45. The van der Waals surface area contributed by atoms with Crippen LogP contribution >= 0.6 is 15.9 Å². The van der Waals surface area contributed by atoms with Crippen molar-refractivity contribution in [3.8, 4) is 11.5 Å². The summed E-state index contributed by atoms with van der Waals surface area (Å²) in [6.07, 6.45) is 2.47. The number of benzene rings is 1. The maximum absolute atomic E-state index is 5.42. The van der Waals surface area contributed by atoms with E-state index in [0.717, 1.165) is 16.8 Å². The maximum atomic E-state index is 5.42. The van der Waals surface area contributed by atoms with Crippen molar-refractivity contribution in [2.24, 2.45) is 0 Å². The van der Waals surface area contributed by atoms with Gasteiger partial charge in [-0.1, -0.05) is 22.0 Å². The zero-order valence-electron chi connectivity index (χ0n) is 9.05. The smallest absolute Gasteiger partial charge is 0.126 e. The van der Waals surface area contributed by atoms with Gasteiger partial charge in [0.2, 0.25) is 0 Å². The van der Waals surface area contributed by atoms with Gasteiger partial charge >= 0.3 is 0 Å². The van der Waals surface area contributed by atoms with Crippen LogP contribution in [0.1, 0.15) is 18.4 Å². The summed E-state index contributed by atoms with van der Waals surface area (Å²) in [5.74, 6) is 1.78. The molecule has 82 valence electrons. The molecular formula is C12H15BrO2. The second-order valence-corrected chi connectivity index (χ2v) is 4.54. The zero-order chi connectivity index (χ0) is 10.9. The van der Waals surface area contributed by atoms with Crippen molar-refractivity contribution < 1.29 is 9.47 Å². The summed E-state index contributed by atoms with van der Waals surface area (Å²) in [6, 6.07) is 6.07. The van der Waals surface area contributed by atoms with Crippen LogP contribution in [0.25, 0.3) is 0 Å². The maximum Gasteiger partial charge on any atom is 0.126 e. The normalized spacial score (nSPS) is 17.3. The average molecular weight is 271 g/mol. The molecule has 0 radical (unpaired) electrons. The molecule has 0 heterocycles. The fraction of sp³-hybridized carbons (Fsp3) is 0.500. The molecule has 1 aromatic rings. The number of methoxy groups -OCH3 is 2. The first-order valence-electron chi connectivity index (χ1n) is 5.04. The first kappa shape index (κ1) is 10.8. The number of rotatable bonds is 4. The summed E-state index contributed by atoms with van der Waals surface area (Å²) in [7, 11) is 3.38. The number of hydrogen-bond acceptors (Lipinski definition) is 2. The molecule has 0 spiro atoms. The van der Waals surface area contributed by atoms with Crippen LogP contribution in [0.4, 0.5) is 0 Å². The molecule has 0 aliphatic heterocycles. The standard InChI is InChI=1S/C12H15BrO2/c1-14-9-3-4-10(11(7-9)15-2)12(8-13)5-6-12/h3-4,7H,5-6,8H2,1-2H3. The van der Waals surface area contributed by atoms with Gasteiger partial charge in [-0.05, 0) is 18.9 Å². The minimum absolute atomic E-state index is 0.303. The fourth-order valence-corrected chi connectivity index (χ4v) is 2.73. The molecular weight excluding hydrogens is 256 g/mol. The van der Waals surface area contributed by atoms with Gasteiger partial charge in [0.15, 0.2) is 0 Å². The van der Waals surface area contributed by atoms with Crippen LogP contribution in [0.3, 0.4) is 0 Å². The molecule has 1 aliphatic rings. The Morgan fingerprint density at radius 1 is 1.27 bits per heavy atom. The Balaban J connectivity index is 2.39. The Bertz CT molecular complexity index is 359. The van der Waals surface area contributed by atoms with E-state index in [9.17, 15) is 0 Å². The van der Waals surface area contributed by atoms with E-state index in [0.29, 0.717) is 5.41 Å². The first-order chi connectivity index (χ1) is 7.25. The summed E-state index contributed by atoms with van der Waals surface area (Å²) in [5, 5.41) is 1.00. The van der Waals surface area contributed by atoms with Crippen molar-refractivity contribution in [1.29, 1.82) is 0 Å². The number of alkyl halides is 1. The molecule has 0 saturated heterocycles. The number of hydrogen-bond donors (Lipinski definition) is 0. The molecule has 3 heteroatoms. The van der Waals surface area contributed by atoms with Crippen LogP contribution in [-0.4, -0.2) is 19.5 Å². The van der Waals surface area contributed by atoms with Crippen LogP contribution in [0.15, 0.2) is 18.2 Å². The Labute approximate surface area is 98.7 Å². The van der Waals surface area contributed by atoms with Gasteiger partial charge in [-0.25, -0.2) is 0 Å².